The molecule has 1 aliphatic rings. The van der Waals surface area contributed by atoms with Crippen LogP contribution in [0.3, 0.4) is 0 Å². The Morgan fingerprint density at radius 2 is 2.00 bits per heavy atom. The number of esters is 1. The number of carbonyl (C=O) groups excluding carboxylic acids is 2. The summed E-state index contributed by atoms with van der Waals surface area (Å²) in [4.78, 5) is 26.3. The van der Waals surface area contributed by atoms with Crippen LogP contribution < -0.4 is 5.32 Å². The topological polar surface area (TPSA) is 55.4 Å². The highest BCUT2D eigenvalue weighted by Crippen LogP contribution is 2.40. The number of benzene rings is 1. The number of fused-ring (bicyclic) bond motifs is 1. The number of halogens is 2. The number of nitrogens with one attached hydrogen (secondary N) is 1. The Bertz CT molecular complexity index is 932. The van der Waals surface area contributed by atoms with Crippen molar-refractivity contribution in [2.45, 2.75) is 39.5 Å². The Kier molecular flexibility index (Phi) is 7.38. The molecule has 1 aliphatic carbocycles. The summed E-state index contributed by atoms with van der Waals surface area (Å²) >= 11 is 13.8. The van der Waals surface area contributed by atoms with E-state index in [4.69, 9.17) is 27.9 Å². The SMILES string of the molecule is CCOC(=O)c1c(NC(=O)/C=C\c2c(Cl)cccc2Cl)sc2c1CC[C@H](CC)C2. The van der Waals surface area contributed by atoms with Gasteiger partial charge in [0.25, 0.3) is 0 Å². The zero-order valence-electron chi connectivity index (χ0n) is 16.4. The first-order valence-electron chi connectivity index (χ1n) is 9.69. The summed E-state index contributed by atoms with van der Waals surface area (Å²) in [6, 6.07) is 5.16. The van der Waals surface area contributed by atoms with Gasteiger partial charge in [0, 0.05) is 26.6 Å². The van der Waals surface area contributed by atoms with E-state index in [1.54, 1.807) is 31.2 Å². The Balaban J connectivity index is 1.86. The molecule has 0 saturated carbocycles. The van der Waals surface area contributed by atoms with Gasteiger partial charge in [-0.15, -0.1) is 11.3 Å². The van der Waals surface area contributed by atoms with Gasteiger partial charge < -0.3 is 10.1 Å². The summed E-state index contributed by atoms with van der Waals surface area (Å²) < 4.78 is 5.25. The van der Waals surface area contributed by atoms with Gasteiger partial charge in [-0.1, -0.05) is 42.6 Å². The summed E-state index contributed by atoms with van der Waals surface area (Å²) in [5.74, 6) is -0.118. The Labute approximate surface area is 184 Å². The monoisotopic (exact) mass is 451 g/mol. The second kappa shape index (κ2) is 9.79. The summed E-state index contributed by atoms with van der Waals surface area (Å²) in [6.45, 7) is 4.25. The number of thiophene rings is 1. The third kappa shape index (κ3) is 5.03. The fourth-order valence-electron chi connectivity index (χ4n) is 3.49. The molecule has 1 N–H and O–H groups in total. The number of rotatable bonds is 6. The molecule has 0 radical (unpaired) electrons. The minimum Gasteiger partial charge on any atom is -0.462 e. The van der Waals surface area contributed by atoms with Crippen molar-refractivity contribution in [3.05, 3.63) is 55.9 Å². The van der Waals surface area contributed by atoms with Crippen molar-refractivity contribution in [2.24, 2.45) is 5.92 Å². The van der Waals surface area contributed by atoms with Gasteiger partial charge in [0.1, 0.15) is 5.00 Å². The number of carbonyl (C=O) groups is 2. The zero-order chi connectivity index (χ0) is 21.0. The molecular weight excluding hydrogens is 429 g/mol. The second-order valence-corrected chi connectivity index (χ2v) is 8.82. The molecular formula is C22H23Cl2NO3S. The van der Waals surface area contributed by atoms with Crippen LogP contribution in [0.2, 0.25) is 10.0 Å². The number of amides is 1. The van der Waals surface area contributed by atoms with Crippen LogP contribution in [0.5, 0.6) is 0 Å². The third-order valence-corrected chi connectivity index (χ3v) is 6.89. The van der Waals surface area contributed by atoms with Crippen molar-refractivity contribution >= 4 is 57.5 Å². The first-order valence-corrected chi connectivity index (χ1v) is 11.3. The van der Waals surface area contributed by atoms with Crippen LogP contribution in [-0.4, -0.2) is 18.5 Å². The smallest absolute Gasteiger partial charge is 0.341 e. The highest BCUT2D eigenvalue weighted by atomic mass is 35.5. The molecule has 29 heavy (non-hydrogen) atoms. The highest BCUT2D eigenvalue weighted by Gasteiger charge is 2.29. The van der Waals surface area contributed by atoms with Crippen LogP contribution in [0.15, 0.2) is 24.3 Å². The van der Waals surface area contributed by atoms with Crippen LogP contribution in [0, 0.1) is 5.92 Å². The maximum Gasteiger partial charge on any atom is 0.341 e. The van der Waals surface area contributed by atoms with E-state index in [9.17, 15) is 9.59 Å². The Morgan fingerprint density at radius 3 is 2.66 bits per heavy atom. The largest absolute Gasteiger partial charge is 0.462 e. The average Bonchev–Trinajstić information content (AvgIpc) is 3.04. The first-order chi connectivity index (χ1) is 13.9. The molecule has 1 aromatic heterocycles. The maximum absolute atomic E-state index is 12.6. The van der Waals surface area contributed by atoms with Gasteiger partial charge in [0.2, 0.25) is 5.91 Å². The predicted octanol–water partition coefficient (Wildman–Crippen LogP) is 6.40. The van der Waals surface area contributed by atoms with E-state index in [-0.39, 0.29) is 11.9 Å². The summed E-state index contributed by atoms with van der Waals surface area (Å²) in [5, 5.41) is 4.33. The Hall–Kier alpha value is -1.82. The number of hydrogen-bond acceptors (Lipinski definition) is 4. The summed E-state index contributed by atoms with van der Waals surface area (Å²) in [5.41, 5.74) is 2.10. The molecule has 154 valence electrons. The molecule has 0 spiro atoms. The molecule has 7 heteroatoms. The lowest BCUT2D eigenvalue weighted by Crippen LogP contribution is -2.16. The molecule has 1 amide bonds. The van der Waals surface area contributed by atoms with Crippen molar-refractivity contribution in [1.82, 2.24) is 0 Å². The molecule has 0 unspecified atom stereocenters. The minimum atomic E-state index is -0.381. The molecule has 3 rings (SSSR count). The van der Waals surface area contributed by atoms with E-state index < -0.39 is 0 Å². The van der Waals surface area contributed by atoms with E-state index in [0.717, 1.165) is 31.2 Å². The molecule has 1 heterocycles. The maximum atomic E-state index is 12.6. The van der Waals surface area contributed by atoms with E-state index in [0.29, 0.717) is 38.7 Å². The third-order valence-electron chi connectivity index (χ3n) is 5.06. The van der Waals surface area contributed by atoms with E-state index in [2.05, 4.69) is 12.2 Å². The number of anilines is 1. The zero-order valence-corrected chi connectivity index (χ0v) is 18.7. The number of hydrogen-bond donors (Lipinski definition) is 1. The van der Waals surface area contributed by atoms with Gasteiger partial charge in [-0.3, -0.25) is 4.79 Å². The van der Waals surface area contributed by atoms with Crippen LogP contribution in [0.25, 0.3) is 6.08 Å². The summed E-state index contributed by atoms with van der Waals surface area (Å²) in [6.07, 6.45) is 6.86. The lowest BCUT2D eigenvalue weighted by atomic mass is 9.85. The molecule has 1 atom stereocenters. The molecule has 4 nitrogen and oxygen atoms in total. The van der Waals surface area contributed by atoms with Gasteiger partial charge >= 0.3 is 5.97 Å². The quantitative estimate of drug-likeness (QED) is 0.408. The molecule has 2 aromatic rings. The summed E-state index contributed by atoms with van der Waals surface area (Å²) in [7, 11) is 0. The minimum absolute atomic E-state index is 0.291. The van der Waals surface area contributed by atoms with Gasteiger partial charge in [0.05, 0.1) is 12.2 Å². The van der Waals surface area contributed by atoms with Crippen LogP contribution in [0.4, 0.5) is 5.00 Å². The van der Waals surface area contributed by atoms with E-state index in [1.165, 1.54) is 22.3 Å². The number of ether oxygens (including phenoxy) is 1. The van der Waals surface area contributed by atoms with E-state index in [1.807, 2.05) is 0 Å². The molecule has 0 saturated heterocycles. The van der Waals surface area contributed by atoms with Crippen molar-refractivity contribution in [3.8, 4) is 0 Å². The van der Waals surface area contributed by atoms with Gasteiger partial charge in [-0.05, 0) is 55.9 Å². The molecule has 0 bridgehead atoms. The van der Waals surface area contributed by atoms with Crippen LogP contribution in [-0.2, 0) is 22.4 Å². The van der Waals surface area contributed by atoms with Crippen LogP contribution in [0.1, 0.15) is 53.1 Å². The van der Waals surface area contributed by atoms with Crippen molar-refractivity contribution < 1.29 is 14.3 Å². The predicted molar refractivity (Wildman–Crippen MR) is 120 cm³/mol. The lowest BCUT2D eigenvalue weighted by molar-refractivity contribution is -0.111. The first kappa shape index (κ1) is 21.9. The fourth-order valence-corrected chi connectivity index (χ4v) is 5.37. The molecule has 1 aromatic carbocycles. The van der Waals surface area contributed by atoms with Gasteiger partial charge in [0.15, 0.2) is 0 Å². The normalized spacial score (nSPS) is 15.9. The standard InChI is InChI=1S/C22H23Cl2NO3S/c1-3-13-8-9-15-18(12-13)29-21(20(15)22(27)28-4-2)25-19(26)11-10-14-16(23)6-5-7-17(14)24/h5-7,10-11,13H,3-4,8-9,12H2,1-2H3,(H,25,26)/b11-10-/t13-/m0/s1. The van der Waals surface area contributed by atoms with Gasteiger partial charge in [-0.25, -0.2) is 4.79 Å². The fraction of sp³-hybridized carbons (Fsp3) is 0.364. The van der Waals surface area contributed by atoms with Crippen LogP contribution >= 0.6 is 34.5 Å². The average molecular weight is 452 g/mol. The van der Waals surface area contributed by atoms with Crippen molar-refractivity contribution in [3.63, 3.8) is 0 Å². The van der Waals surface area contributed by atoms with Crippen molar-refractivity contribution in [1.29, 1.82) is 0 Å². The molecule has 0 aliphatic heterocycles. The van der Waals surface area contributed by atoms with Gasteiger partial charge in [-0.2, -0.15) is 0 Å². The van der Waals surface area contributed by atoms with E-state index >= 15 is 0 Å². The van der Waals surface area contributed by atoms with Crippen molar-refractivity contribution in [2.75, 3.05) is 11.9 Å². The lowest BCUT2D eigenvalue weighted by Gasteiger charge is -2.20. The Morgan fingerprint density at radius 1 is 1.28 bits per heavy atom. The second-order valence-electron chi connectivity index (χ2n) is 6.90. The molecule has 0 fully saturated rings. The highest BCUT2D eigenvalue weighted by molar-refractivity contribution is 7.17.